The van der Waals surface area contributed by atoms with Crippen LogP contribution < -0.4 is 4.74 Å². The summed E-state index contributed by atoms with van der Waals surface area (Å²) in [6.45, 7) is 1.79. The topological polar surface area (TPSA) is 66.8 Å². The van der Waals surface area contributed by atoms with E-state index in [0.29, 0.717) is 25.7 Å². The SMILES string of the molecule is CC[C@@]1(C(=O)O)C[C@@H]2CC[C@H]1N2C(=O)c1cccc(OC(F)(F)F)c1. The fourth-order valence-corrected chi connectivity index (χ4v) is 4.23. The number of hydrogen-bond donors (Lipinski definition) is 1. The molecule has 3 atom stereocenters. The Kier molecular flexibility index (Phi) is 4.17. The number of ether oxygens (including phenoxy) is 1. The lowest BCUT2D eigenvalue weighted by Crippen LogP contribution is -2.44. The van der Waals surface area contributed by atoms with E-state index in [1.165, 1.54) is 12.1 Å². The average Bonchev–Trinajstić information content (AvgIpc) is 3.08. The predicted octanol–water partition coefficient (Wildman–Crippen LogP) is 3.44. The van der Waals surface area contributed by atoms with E-state index in [4.69, 9.17) is 0 Å². The summed E-state index contributed by atoms with van der Waals surface area (Å²) in [5.74, 6) is -1.84. The van der Waals surface area contributed by atoms with Crippen molar-refractivity contribution in [2.45, 2.75) is 51.1 Å². The molecule has 25 heavy (non-hydrogen) atoms. The molecule has 0 saturated carbocycles. The molecule has 1 amide bonds. The molecule has 2 heterocycles. The summed E-state index contributed by atoms with van der Waals surface area (Å²) in [6, 6.07) is 4.27. The number of amides is 1. The van der Waals surface area contributed by atoms with Crippen LogP contribution in [0.25, 0.3) is 0 Å². The zero-order chi connectivity index (χ0) is 18.4. The van der Waals surface area contributed by atoms with Gasteiger partial charge in [-0.25, -0.2) is 0 Å². The zero-order valence-corrected chi connectivity index (χ0v) is 13.5. The number of carbonyl (C=O) groups is 2. The summed E-state index contributed by atoms with van der Waals surface area (Å²) in [6.07, 6.45) is -2.74. The van der Waals surface area contributed by atoms with Crippen LogP contribution in [0, 0.1) is 5.41 Å². The van der Waals surface area contributed by atoms with Crippen LogP contribution >= 0.6 is 0 Å². The third-order valence-corrected chi connectivity index (χ3v) is 5.35. The quantitative estimate of drug-likeness (QED) is 0.896. The van der Waals surface area contributed by atoms with E-state index in [-0.39, 0.29) is 11.6 Å². The van der Waals surface area contributed by atoms with Crippen molar-refractivity contribution in [3.63, 3.8) is 0 Å². The number of fused-ring (bicyclic) bond motifs is 2. The molecule has 1 aromatic rings. The van der Waals surface area contributed by atoms with Crippen LogP contribution in [-0.2, 0) is 4.79 Å². The fraction of sp³-hybridized carbons (Fsp3) is 0.529. The fourth-order valence-electron chi connectivity index (χ4n) is 4.23. The number of nitrogens with zero attached hydrogens (tertiary/aromatic N) is 1. The maximum absolute atomic E-state index is 12.8. The Morgan fingerprint density at radius 1 is 1.36 bits per heavy atom. The van der Waals surface area contributed by atoms with Gasteiger partial charge in [0.1, 0.15) is 5.75 Å². The molecule has 3 rings (SSSR count). The highest BCUT2D eigenvalue weighted by Gasteiger charge is 2.60. The molecule has 2 saturated heterocycles. The second-order valence-corrected chi connectivity index (χ2v) is 6.55. The van der Waals surface area contributed by atoms with Crippen molar-refractivity contribution in [2.75, 3.05) is 0 Å². The molecule has 0 unspecified atom stereocenters. The van der Waals surface area contributed by atoms with Gasteiger partial charge in [-0.3, -0.25) is 9.59 Å². The molecule has 0 radical (unpaired) electrons. The van der Waals surface area contributed by atoms with Crippen LogP contribution in [0.4, 0.5) is 13.2 Å². The van der Waals surface area contributed by atoms with E-state index >= 15 is 0 Å². The molecule has 1 N–H and O–H groups in total. The highest BCUT2D eigenvalue weighted by molar-refractivity contribution is 5.96. The summed E-state index contributed by atoms with van der Waals surface area (Å²) in [5.41, 5.74) is -0.908. The smallest absolute Gasteiger partial charge is 0.481 e. The van der Waals surface area contributed by atoms with E-state index in [9.17, 15) is 27.9 Å². The maximum Gasteiger partial charge on any atom is 0.573 e. The number of halogens is 3. The van der Waals surface area contributed by atoms with E-state index in [1.807, 2.05) is 0 Å². The minimum atomic E-state index is -4.84. The van der Waals surface area contributed by atoms with Crippen molar-refractivity contribution in [1.29, 1.82) is 0 Å². The second-order valence-electron chi connectivity index (χ2n) is 6.55. The van der Waals surface area contributed by atoms with Crippen molar-refractivity contribution in [3.8, 4) is 5.75 Å². The van der Waals surface area contributed by atoms with Gasteiger partial charge in [0.15, 0.2) is 0 Å². The van der Waals surface area contributed by atoms with Gasteiger partial charge in [-0.1, -0.05) is 13.0 Å². The van der Waals surface area contributed by atoms with Crippen LogP contribution in [0.5, 0.6) is 5.75 Å². The van der Waals surface area contributed by atoms with Crippen molar-refractivity contribution in [3.05, 3.63) is 29.8 Å². The second kappa shape index (κ2) is 5.93. The van der Waals surface area contributed by atoms with Crippen LogP contribution in [0.1, 0.15) is 43.0 Å². The number of rotatable bonds is 4. The van der Waals surface area contributed by atoms with Gasteiger partial charge in [0, 0.05) is 17.6 Å². The van der Waals surface area contributed by atoms with Gasteiger partial charge in [-0.2, -0.15) is 0 Å². The Balaban J connectivity index is 1.87. The Morgan fingerprint density at radius 2 is 2.08 bits per heavy atom. The number of carboxylic acid groups (broad SMARTS) is 1. The van der Waals surface area contributed by atoms with Crippen LogP contribution in [0.15, 0.2) is 24.3 Å². The first kappa shape index (κ1) is 17.6. The highest BCUT2D eigenvalue weighted by Crippen LogP contribution is 2.52. The minimum absolute atomic E-state index is 0.0657. The molecule has 2 aliphatic heterocycles. The standard InChI is InChI=1S/C17H18F3NO4/c1-2-16(15(23)24)9-11-6-7-13(16)21(11)14(22)10-4-3-5-12(8-10)25-17(18,19)20/h3-5,8,11,13H,2,6-7,9H2,1H3,(H,23,24)/t11-,13+,16+/m0/s1. The van der Waals surface area contributed by atoms with E-state index in [1.54, 1.807) is 11.8 Å². The molecule has 1 aromatic carbocycles. The maximum atomic E-state index is 12.8. The average molecular weight is 357 g/mol. The molecular weight excluding hydrogens is 339 g/mol. The van der Waals surface area contributed by atoms with Gasteiger partial charge in [0.25, 0.3) is 5.91 Å². The summed E-state index contributed by atoms with van der Waals surface area (Å²) in [4.78, 5) is 26.2. The molecule has 136 valence electrons. The third kappa shape index (κ3) is 2.94. The Hall–Kier alpha value is -2.25. The first-order chi connectivity index (χ1) is 11.7. The Bertz CT molecular complexity index is 705. The molecule has 2 bridgehead atoms. The van der Waals surface area contributed by atoms with Crippen molar-refractivity contribution in [2.24, 2.45) is 5.41 Å². The van der Waals surface area contributed by atoms with Crippen molar-refractivity contribution < 1.29 is 32.6 Å². The molecule has 0 aliphatic carbocycles. The van der Waals surface area contributed by atoms with Crippen molar-refractivity contribution >= 4 is 11.9 Å². The molecule has 0 spiro atoms. The number of aliphatic carboxylic acids is 1. The third-order valence-electron chi connectivity index (χ3n) is 5.35. The molecule has 5 nitrogen and oxygen atoms in total. The van der Waals surface area contributed by atoms with Crippen molar-refractivity contribution in [1.82, 2.24) is 4.90 Å². The van der Waals surface area contributed by atoms with Crippen LogP contribution in [0.3, 0.4) is 0 Å². The molecule has 2 fully saturated rings. The zero-order valence-electron chi connectivity index (χ0n) is 13.5. The van der Waals surface area contributed by atoms with Crippen LogP contribution in [-0.4, -0.2) is 40.3 Å². The number of carboxylic acids is 1. The van der Waals surface area contributed by atoms with E-state index < -0.39 is 35.4 Å². The minimum Gasteiger partial charge on any atom is -0.481 e. The van der Waals surface area contributed by atoms with Gasteiger partial charge in [-0.15, -0.1) is 13.2 Å². The Morgan fingerprint density at radius 3 is 2.64 bits per heavy atom. The lowest BCUT2D eigenvalue weighted by Gasteiger charge is -2.32. The van der Waals surface area contributed by atoms with E-state index in [0.717, 1.165) is 12.1 Å². The number of benzene rings is 1. The predicted molar refractivity (Wildman–Crippen MR) is 81.1 cm³/mol. The highest BCUT2D eigenvalue weighted by atomic mass is 19.4. The lowest BCUT2D eigenvalue weighted by molar-refractivity contribution is -0.274. The summed E-state index contributed by atoms with van der Waals surface area (Å²) in [7, 11) is 0. The molecular formula is C17H18F3NO4. The Labute approximate surface area is 142 Å². The largest absolute Gasteiger partial charge is 0.573 e. The molecule has 0 aromatic heterocycles. The summed E-state index contributed by atoms with van der Waals surface area (Å²) in [5, 5.41) is 9.64. The lowest BCUT2D eigenvalue weighted by atomic mass is 9.72. The summed E-state index contributed by atoms with van der Waals surface area (Å²) < 4.78 is 40.9. The monoisotopic (exact) mass is 357 g/mol. The van der Waals surface area contributed by atoms with Crippen LogP contribution in [0.2, 0.25) is 0 Å². The number of alkyl halides is 3. The van der Waals surface area contributed by atoms with Gasteiger partial charge in [-0.05, 0) is 43.9 Å². The van der Waals surface area contributed by atoms with E-state index in [2.05, 4.69) is 4.74 Å². The first-order valence-electron chi connectivity index (χ1n) is 8.10. The number of carbonyl (C=O) groups excluding carboxylic acids is 1. The van der Waals surface area contributed by atoms with Gasteiger partial charge < -0.3 is 14.7 Å². The molecule has 2 aliphatic rings. The van der Waals surface area contributed by atoms with Gasteiger partial charge in [0.2, 0.25) is 0 Å². The summed E-state index contributed by atoms with van der Waals surface area (Å²) >= 11 is 0. The van der Waals surface area contributed by atoms with Gasteiger partial charge in [0.05, 0.1) is 5.41 Å². The van der Waals surface area contributed by atoms with Gasteiger partial charge >= 0.3 is 12.3 Å². The first-order valence-corrected chi connectivity index (χ1v) is 8.10. The normalized spacial score (nSPS) is 28.2. The molecule has 8 heteroatoms. The number of hydrogen-bond acceptors (Lipinski definition) is 3.